The van der Waals surface area contributed by atoms with E-state index in [4.69, 9.17) is 5.11 Å². The smallest absolute Gasteiger partial charge is 0.203 e. The molecule has 1 aliphatic carbocycles. The summed E-state index contributed by atoms with van der Waals surface area (Å²) in [4.78, 5) is 10.2. The fraction of sp³-hybridized carbons (Fsp3) is 0.474. The SMILES string of the molecule is C=C(O)/N=C\C(=C/C)c1ccccn1.CN(C)C1CCCCC1. The third-order valence-electron chi connectivity index (χ3n) is 3.93. The first-order valence-corrected chi connectivity index (χ1v) is 8.20. The maximum Gasteiger partial charge on any atom is 0.203 e. The molecular formula is C19H29N3O. The van der Waals surface area contributed by atoms with Crippen molar-refractivity contribution in [3.05, 3.63) is 48.6 Å². The number of nitrogens with zero attached hydrogens (tertiary/aromatic N) is 3. The highest BCUT2D eigenvalue weighted by molar-refractivity contribution is 6.09. The Hall–Kier alpha value is -1.94. The predicted molar refractivity (Wildman–Crippen MR) is 98.7 cm³/mol. The number of aliphatic imine (C=N–C) groups is 1. The van der Waals surface area contributed by atoms with E-state index in [0.717, 1.165) is 17.3 Å². The molecule has 0 amide bonds. The molecule has 1 saturated carbocycles. The number of aromatic nitrogens is 1. The van der Waals surface area contributed by atoms with E-state index in [1.165, 1.54) is 38.3 Å². The van der Waals surface area contributed by atoms with Gasteiger partial charge in [-0.25, -0.2) is 4.99 Å². The van der Waals surface area contributed by atoms with Gasteiger partial charge in [-0.2, -0.15) is 0 Å². The summed E-state index contributed by atoms with van der Waals surface area (Å²) in [6, 6.07) is 6.51. The molecule has 0 spiro atoms. The Labute approximate surface area is 140 Å². The van der Waals surface area contributed by atoms with Crippen LogP contribution in [0.25, 0.3) is 5.57 Å². The molecule has 0 saturated heterocycles. The Morgan fingerprint density at radius 1 is 1.30 bits per heavy atom. The van der Waals surface area contributed by atoms with Crippen LogP contribution >= 0.6 is 0 Å². The Morgan fingerprint density at radius 2 is 2.00 bits per heavy atom. The van der Waals surface area contributed by atoms with Crippen molar-refractivity contribution in [2.45, 2.75) is 45.1 Å². The maximum atomic E-state index is 8.80. The van der Waals surface area contributed by atoms with Crippen LogP contribution in [0.1, 0.15) is 44.7 Å². The van der Waals surface area contributed by atoms with Crippen molar-refractivity contribution in [2.75, 3.05) is 14.1 Å². The number of allylic oxidation sites excluding steroid dienone is 2. The zero-order valence-corrected chi connectivity index (χ0v) is 14.6. The molecule has 0 atom stereocenters. The number of rotatable bonds is 4. The molecule has 4 nitrogen and oxygen atoms in total. The lowest BCUT2D eigenvalue weighted by molar-refractivity contribution is 0.229. The molecule has 0 unspecified atom stereocenters. The molecule has 2 rings (SSSR count). The summed E-state index contributed by atoms with van der Waals surface area (Å²) in [5.74, 6) is -0.208. The first-order valence-electron chi connectivity index (χ1n) is 8.20. The van der Waals surface area contributed by atoms with Gasteiger partial charge in [-0.1, -0.05) is 31.4 Å². The zero-order chi connectivity index (χ0) is 17.1. The average molecular weight is 315 g/mol. The van der Waals surface area contributed by atoms with Crippen molar-refractivity contribution in [3.8, 4) is 0 Å². The monoisotopic (exact) mass is 315 g/mol. The van der Waals surface area contributed by atoms with Crippen molar-refractivity contribution >= 4 is 11.8 Å². The van der Waals surface area contributed by atoms with E-state index in [-0.39, 0.29) is 5.88 Å². The second kappa shape index (κ2) is 10.7. The summed E-state index contributed by atoms with van der Waals surface area (Å²) >= 11 is 0. The lowest BCUT2D eigenvalue weighted by Gasteiger charge is -2.27. The molecule has 0 aliphatic heterocycles. The van der Waals surface area contributed by atoms with Gasteiger partial charge in [0.1, 0.15) is 0 Å². The highest BCUT2D eigenvalue weighted by Crippen LogP contribution is 2.20. The van der Waals surface area contributed by atoms with Crippen molar-refractivity contribution in [1.82, 2.24) is 9.88 Å². The van der Waals surface area contributed by atoms with Crippen LogP contribution in [0.5, 0.6) is 0 Å². The van der Waals surface area contributed by atoms with Crippen LogP contribution in [-0.4, -0.2) is 41.3 Å². The van der Waals surface area contributed by atoms with Crippen molar-refractivity contribution in [3.63, 3.8) is 0 Å². The van der Waals surface area contributed by atoms with Gasteiger partial charge in [0.2, 0.25) is 5.88 Å². The lowest BCUT2D eigenvalue weighted by atomic mass is 9.95. The number of pyridine rings is 1. The minimum absolute atomic E-state index is 0.208. The van der Waals surface area contributed by atoms with Gasteiger partial charge in [0.25, 0.3) is 0 Å². The van der Waals surface area contributed by atoms with Crippen LogP contribution in [-0.2, 0) is 0 Å². The fourth-order valence-corrected chi connectivity index (χ4v) is 2.56. The standard InChI is InChI=1S/C11H12N2O.C8H17N/c1-3-10(8-13-9(2)14)11-6-4-5-7-12-11;1-9(2)8-6-4-3-5-7-8/h3-8,14H,2H2,1H3;8H,3-7H2,1-2H3/b10-3+,13-8-;. The summed E-state index contributed by atoms with van der Waals surface area (Å²) in [6.45, 7) is 5.15. The molecule has 1 heterocycles. The molecule has 1 aromatic rings. The minimum atomic E-state index is -0.208. The van der Waals surface area contributed by atoms with Crippen LogP contribution in [0.15, 0.2) is 47.9 Å². The molecule has 23 heavy (non-hydrogen) atoms. The van der Waals surface area contributed by atoms with Gasteiger partial charge in [-0.15, -0.1) is 0 Å². The first kappa shape index (κ1) is 19.1. The van der Waals surface area contributed by atoms with E-state index < -0.39 is 0 Å². The quantitative estimate of drug-likeness (QED) is 0.659. The van der Waals surface area contributed by atoms with E-state index in [2.05, 4.69) is 35.6 Å². The topological polar surface area (TPSA) is 48.7 Å². The van der Waals surface area contributed by atoms with Gasteiger partial charge in [-0.3, -0.25) is 4.98 Å². The molecule has 1 N–H and O–H groups in total. The molecule has 1 aliphatic rings. The molecule has 1 fully saturated rings. The molecular weight excluding hydrogens is 286 g/mol. The Bertz CT molecular complexity index is 515. The highest BCUT2D eigenvalue weighted by Gasteiger charge is 2.13. The van der Waals surface area contributed by atoms with E-state index in [1.54, 1.807) is 6.20 Å². The fourth-order valence-electron chi connectivity index (χ4n) is 2.56. The van der Waals surface area contributed by atoms with E-state index in [9.17, 15) is 0 Å². The normalized spacial score (nSPS) is 16.3. The van der Waals surface area contributed by atoms with Gasteiger partial charge in [-0.05, 0) is 52.6 Å². The third-order valence-corrected chi connectivity index (χ3v) is 3.93. The summed E-state index contributed by atoms with van der Waals surface area (Å²) in [5.41, 5.74) is 1.67. The van der Waals surface area contributed by atoms with Gasteiger partial charge < -0.3 is 10.0 Å². The maximum absolute atomic E-state index is 8.80. The van der Waals surface area contributed by atoms with Crippen LogP contribution in [0.4, 0.5) is 0 Å². The van der Waals surface area contributed by atoms with Gasteiger partial charge in [0.15, 0.2) is 0 Å². The summed E-state index contributed by atoms with van der Waals surface area (Å²) < 4.78 is 0. The van der Waals surface area contributed by atoms with E-state index in [1.807, 2.05) is 31.2 Å². The summed E-state index contributed by atoms with van der Waals surface area (Å²) in [6.07, 6.45) is 12.3. The largest absolute Gasteiger partial charge is 0.494 e. The van der Waals surface area contributed by atoms with Crippen molar-refractivity contribution in [1.29, 1.82) is 0 Å². The first-order chi connectivity index (χ1) is 11.0. The van der Waals surface area contributed by atoms with E-state index in [0.29, 0.717) is 0 Å². The van der Waals surface area contributed by atoms with Crippen molar-refractivity contribution in [2.24, 2.45) is 4.99 Å². The minimum Gasteiger partial charge on any atom is -0.494 e. The number of hydrogen-bond acceptors (Lipinski definition) is 4. The number of hydrogen-bond donors (Lipinski definition) is 1. The average Bonchev–Trinajstić information content (AvgIpc) is 2.57. The highest BCUT2D eigenvalue weighted by atomic mass is 16.3. The predicted octanol–water partition coefficient (Wildman–Crippen LogP) is 4.47. The molecule has 126 valence electrons. The van der Waals surface area contributed by atoms with Crippen LogP contribution in [0, 0.1) is 0 Å². The summed E-state index contributed by atoms with van der Waals surface area (Å²) in [5, 5.41) is 8.80. The Morgan fingerprint density at radius 3 is 2.43 bits per heavy atom. The number of aliphatic hydroxyl groups is 1. The van der Waals surface area contributed by atoms with Crippen LogP contribution < -0.4 is 0 Å². The lowest BCUT2D eigenvalue weighted by Crippen LogP contribution is -2.29. The zero-order valence-electron chi connectivity index (χ0n) is 14.6. The second-order valence-corrected chi connectivity index (χ2v) is 5.89. The number of aliphatic hydroxyl groups excluding tert-OH is 1. The van der Waals surface area contributed by atoms with Crippen LogP contribution in [0.2, 0.25) is 0 Å². The molecule has 4 heteroatoms. The van der Waals surface area contributed by atoms with Crippen molar-refractivity contribution < 1.29 is 5.11 Å². The molecule has 1 aromatic heterocycles. The molecule has 0 aromatic carbocycles. The van der Waals surface area contributed by atoms with Crippen LogP contribution in [0.3, 0.4) is 0 Å². The third kappa shape index (κ3) is 7.75. The van der Waals surface area contributed by atoms with Gasteiger partial charge >= 0.3 is 0 Å². The van der Waals surface area contributed by atoms with E-state index >= 15 is 0 Å². The second-order valence-electron chi connectivity index (χ2n) is 5.89. The molecule has 0 bridgehead atoms. The Balaban J connectivity index is 0.000000253. The summed E-state index contributed by atoms with van der Waals surface area (Å²) in [7, 11) is 4.38. The van der Waals surface area contributed by atoms with Gasteiger partial charge in [0.05, 0.1) is 5.69 Å². The van der Waals surface area contributed by atoms with Gasteiger partial charge in [0, 0.05) is 24.0 Å². The Kier molecular flexibility index (Phi) is 8.91. The molecule has 0 radical (unpaired) electrons.